The van der Waals surface area contributed by atoms with E-state index in [0.29, 0.717) is 12.5 Å². The SMILES string of the molecule is Cc1ccc(N)c(C(=O)NC(C)(C(=O)O)C(F)(F)F)c1. The molecule has 0 saturated heterocycles. The molecule has 0 fully saturated rings. The van der Waals surface area contributed by atoms with Crippen molar-refractivity contribution in [2.75, 3.05) is 5.73 Å². The molecular formula is C12H13F3N2O3. The van der Waals surface area contributed by atoms with Crippen LogP contribution in [0.15, 0.2) is 18.2 Å². The van der Waals surface area contributed by atoms with Crippen molar-refractivity contribution in [2.24, 2.45) is 0 Å². The molecule has 1 aromatic rings. The lowest BCUT2D eigenvalue weighted by atomic mass is 10.0. The Bertz CT molecular complexity index is 557. The largest absolute Gasteiger partial charge is 0.479 e. The molecule has 20 heavy (non-hydrogen) atoms. The normalized spacial score (nSPS) is 14.4. The van der Waals surface area contributed by atoms with Gasteiger partial charge in [0.2, 0.25) is 5.54 Å². The van der Waals surface area contributed by atoms with Gasteiger partial charge in [0, 0.05) is 5.69 Å². The van der Waals surface area contributed by atoms with Crippen LogP contribution in [0.4, 0.5) is 18.9 Å². The zero-order valence-electron chi connectivity index (χ0n) is 10.7. The summed E-state index contributed by atoms with van der Waals surface area (Å²) in [6.07, 6.45) is -5.15. The summed E-state index contributed by atoms with van der Waals surface area (Å²) in [7, 11) is 0. The molecule has 0 aromatic heterocycles. The van der Waals surface area contributed by atoms with E-state index < -0.39 is 23.6 Å². The van der Waals surface area contributed by atoms with Gasteiger partial charge < -0.3 is 16.2 Å². The minimum Gasteiger partial charge on any atom is -0.479 e. The molecule has 0 aliphatic heterocycles. The van der Waals surface area contributed by atoms with E-state index in [-0.39, 0.29) is 11.3 Å². The summed E-state index contributed by atoms with van der Waals surface area (Å²) in [6.45, 7) is 2.00. The number of carbonyl (C=O) groups is 2. The Labute approximate surface area is 112 Å². The number of anilines is 1. The summed E-state index contributed by atoms with van der Waals surface area (Å²) in [6, 6.07) is 4.21. The first kappa shape index (κ1) is 15.8. The molecule has 0 aliphatic carbocycles. The summed E-state index contributed by atoms with van der Waals surface area (Å²) in [4.78, 5) is 22.7. The number of carboxylic acids is 1. The second kappa shape index (κ2) is 5.03. The summed E-state index contributed by atoms with van der Waals surface area (Å²) in [5.74, 6) is -3.40. The number of nitrogens with two attached hydrogens (primary N) is 1. The number of aliphatic carboxylic acids is 1. The fraction of sp³-hybridized carbons (Fsp3) is 0.333. The van der Waals surface area contributed by atoms with Crippen molar-refractivity contribution in [3.63, 3.8) is 0 Å². The maximum absolute atomic E-state index is 12.8. The number of rotatable bonds is 3. The van der Waals surface area contributed by atoms with Crippen molar-refractivity contribution in [2.45, 2.75) is 25.6 Å². The zero-order valence-corrected chi connectivity index (χ0v) is 10.7. The van der Waals surface area contributed by atoms with Gasteiger partial charge in [-0.05, 0) is 26.0 Å². The van der Waals surface area contributed by atoms with Crippen molar-refractivity contribution in [3.8, 4) is 0 Å². The monoisotopic (exact) mass is 290 g/mol. The van der Waals surface area contributed by atoms with Gasteiger partial charge in [-0.3, -0.25) is 4.79 Å². The zero-order chi connectivity index (χ0) is 15.7. The van der Waals surface area contributed by atoms with E-state index in [4.69, 9.17) is 10.8 Å². The van der Waals surface area contributed by atoms with Gasteiger partial charge in [0.1, 0.15) is 0 Å². The summed E-state index contributed by atoms with van der Waals surface area (Å²) >= 11 is 0. The molecule has 0 radical (unpaired) electrons. The lowest BCUT2D eigenvalue weighted by molar-refractivity contribution is -0.203. The molecule has 1 unspecified atom stereocenters. The number of hydrogen-bond donors (Lipinski definition) is 3. The predicted octanol–water partition coefficient (Wildman–Crippen LogP) is 1.71. The highest BCUT2D eigenvalue weighted by atomic mass is 19.4. The molecular weight excluding hydrogens is 277 g/mol. The van der Waals surface area contributed by atoms with Crippen LogP contribution in [0.25, 0.3) is 0 Å². The third kappa shape index (κ3) is 2.84. The van der Waals surface area contributed by atoms with Crippen LogP contribution in [-0.2, 0) is 4.79 Å². The van der Waals surface area contributed by atoms with Gasteiger partial charge in [0.15, 0.2) is 0 Å². The van der Waals surface area contributed by atoms with E-state index >= 15 is 0 Å². The predicted molar refractivity (Wildman–Crippen MR) is 65.2 cm³/mol. The number of aryl methyl sites for hydroxylation is 1. The van der Waals surface area contributed by atoms with Gasteiger partial charge in [0.25, 0.3) is 5.91 Å². The average Bonchev–Trinajstić information content (AvgIpc) is 2.30. The first-order valence-corrected chi connectivity index (χ1v) is 5.48. The number of nitrogen functional groups attached to an aromatic ring is 1. The van der Waals surface area contributed by atoms with E-state index in [1.807, 2.05) is 0 Å². The number of carboxylic acid groups (broad SMARTS) is 1. The molecule has 0 spiro atoms. The van der Waals surface area contributed by atoms with Crippen LogP contribution < -0.4 is 11.1 Å². The molecule has 1 aromatic carbocycles. The highest BCUT2D eigenvalue weighted by Crippen LogP contribution is 2.31. The fourth-order valence-electron chi connectivity index (χ4n) is 1.41. The first-order valence-electron chi connectivity index (χ1n) is 5.48. The third-order valence-electron chi connectivity index (χ3n) is 2.81. The lowest BCUT2D eigenvalue weighted by Gasteiger charge is -2.28. The molecule has 5 nitrogen and oxygen atoms in total. The molecule has 1 atom stereocenters. The number of hydrogen-bond acceptors (Lipinski definition) is 3. The molecule has 0 aliphatic rings. The van der Waals surface area contributed by atoms with Crippen molar-refractivity contribution in [1.29, 1.82) is 0 Å². The second-order valence-corrected chi connectivity index (χ2v) is 4.47. The first-order chi connectivity index (χ1) is 8.99. The molecule has 0 bridgehead atoms. The van der Waals surface area contributed by atoms with Gasteiger partial charge in [0.05, 0.1) is 5.56 Å². The van der Waals surface area contributed by atoms with Crippen molar-refractivity contribution >= 4 is 17.6 Å². The fourth-order valence-corrected chi connectivity index (χ4v) is 1.41. The highest BCUT2D eigenvalue weighted by molar-refractivity contribution is 6.02. The molecule has 110 valence electrons. The van der Waals surface area contributed by atoms with Gasteiger partial charge >= 0.3 is 12.1 Å². The van der Waals surface area contributed by atoms with Gasteiger partial charge in [-0.25, -0.2) is 4.79 Å². The van der Waals surface area contributed by atoms with Crippen molar-refractivity contribution in [1.82, 2.24) is 5.32 Å². The van der Waals surface area contributed by atoms with Crippen LogP contribution in [0.2, 0.25) is 0 Å². The summed E-state index contributed by atoms with van der Waals surface area (Å²) in [5, 5.41) is 10.2. The smallest absolute Gasteiger partial charge is 0.422 e. The highest BCUT2D eigenvalue weighted by Gasteiger charge is 2.58. The number of halogens is 3. The number of benzene rings is 1. The Kier molecular flexibility index (Phi) is 3.97. The van der Waals surface area contributed by atoms with E-state index in [1.165, 1.54) is 17.4 Å². The quantitative estimate of drug-likeness (QED) is 0.739. The third-order valence-corrected chi connectivity index (χ3v) is 2.81. The topological polar surface area (TPSA) is 92.4 Å². The molecule has 4 N–H and O–H groups in total. The Morgan fingerprint density at radius 1 is 1.30 bits per heavy atom. The minimum absolute atomic E-state index is 0.0389. The average molecular weight is 290 g/mol. The lowest BCUT2D eigenvalue weighted by Crippen LogP contribution is -2.61. The Morgan fingerprint density at radius 3 is 2.30 bits per heavy atom. The van der Waals surface area contributed by atoms with Gasteiger partial charge in [-0.2, -0.15) is 13.2 Å². The number of amides is 1. The minimum atomic E-state index is -5.15. The molecule has 1 amide bonds. The van der Waals surface area contributed by atoms with Crippen LogP contribution in [0, 0.1) is 6.92 Å². The van der Waals surface area contributed by atoms with Crippen LogP contribution in [0.5, 0.6) is 0 Å². The van der Waals surface area contributed by atoms with Crippen LogP contribution in [0.3, 0.4) is 0 Å². The van der Waals surface area contributed by atoms with Crippen LogP contribution in [-0.4, -0.2) is 28.7 Å². The molecule has 0 heterocycles. The maximum atomic E-state index is 12.8. The molecule has 0 saturated carbocycles. The number of alkyl halides is 3. The van der Waals surface area contributed by atoms with E-state index in [0.717, 1.165) is 0 Å². The number of nitrogens with one attached hydrogen (secondary N) is 1. The van der Waals surface area contributed by atoms with E-state index in [1.54, 1.807) is 13.0 Å². The Morgan fingerprint density at radius 2 is 1.85 bits per heavy atom. The number of carbonyl (C=O) groups excluding carboxylic acids is 1. The van der Waals surface area contributed by atoms with E-state index in [2.05, 4.69) is 0 Å². The van der Waals surface area contributed by atoms with Crippen molar-refractivity contribution in [3.05, 3.63) is 29.3 Å². The van der Waals surface area contributed by atoms with Gasteiger partial charge in [-0.1, -0.05) is 11.6 Å². The molecule has 1 rings (SSSR count). The standard InChI is InChI=1S/C12H13F3N2O3/c1-6-3-4-8(16)7(5-6)9(18)17-11(2,10(19)20)12(13,14)15/h3-5H,16H2,1-2H3,(H,17,18)(H,19,20). The maximum Gasteiger partial charge on any atom is 0.422 e. The molecule has 8 heteroatoms. The Hall–Kier alpha value is -2.25. The second-order valence-electron chi connectivity index (χ2n) is 4.47. The van der Waals surface area contributed by atoms with Crippen LogP contribution in [0.1, 0.15) is 22.8 Å². The Balaban J connectivity index is 3.16. The van der Waals surface area contributed by atoms with E-state index in [9.17, 15) is 22.8 Å². The van der Waals surface area contributed by atoms with Crippen molar-refractivity contribution < 1.29 is 27.9 Å². The van der Waals surface area contributed by atoms with Crippen LogP contribution >= 0.6 is 0 Å². The van der Waals surface area contributed by atoms with Gasteiger partial charge in [-0.15, -0.1) is 0 Å². The summed E-state index contributed by atoms with van der Waals surface area (Å²) < 4.78 is 38.4. The summed E-state index contributed by atoms with van der Waals surface area (Å²) in [5.41, 5.74) is 2.48.